The van der Waals surface area contributed by atoms with Crippen molar-refractivity contribution in [2.45, 2.75) is 19.0 Å². The molecule has 0 bridgehead atoms. The first-order chi connectivity index (χ1) is 9.77. The van der Waals surface area contributed by atoms with Crippen LogP contribution in [0.3, 0.4) is 0 Å². The van der Waals surface area contributed by atoms with Gasteiger partial charge in [0.05, 0.1) is 10.9 Å². The van der Waals surface area contributed by atoms with Gasteiger partial charge >= 0.3 is 0 Å². The standard InChI is InChI=1S/C16H17N3S/c1-12(17)15(13-6-3-2-4-7-13)19-10-9-18-16(19)14-8-5-11-20-14/h2-12,15H,17H2,1H3. The van der Waals surface area contributed by atoms with E-state index in [1.165, 1.54) is 5.56 Å². The minimum Gasteiger partial charge on any atom is -0.326 e. The predicted octanol–water partition coefficient (Wildman–Crippen LogP) is 3.55. The van der Waals surface area contributed by atoms with Gasteiger partial charge in [0.15, 0.2) is 5.82 Å². The van der Waals surface area contributed by atoms with Crippen LogP contribution in [0.2, 0.25) is 0 Å². The number of benzene rings is 1. The summed E-state index contributed by atoms with van der Waals surface area (Å²) in [5.74, 6) is 0.978. The van der Waals surface area contributed by atoms with E-state index in [0.29, 0.717) is 0 Å². The summed E-state index contributed by atoms with van der Waals surface area (Å²) in [5, 5.41) is 2.07. The largest absolute Gasteiger partial charge is 0.326 e. The SMILES string of the molecule is CC(N)C(c1ccccc1)n1ccnc1-c1cccs1. The van der Waals surface area contributed by atoms with Gasteiger partial charge < -0.3 is 10.3 Å². The summed E-state index contributed by atoms with van der Waals surface area (Å²) in [4.78, 5) is 5.67. The second-order valence-corrected chi connectivity index (χ2v) is 5.80. The lowest BCUT2D eigenvalue weighted by molar-refractivity contribution is 0.500. The summed E-state index contributed by atoms with van der Waals surface area (Å²) in [6, 6.07) is 14.6. The van der Waals surface area contributed by atoms with Gasteiger partial charge in [0.1, 0.15) is 0 Å². The fourth-order valence-corrected chi connectivity index (χ4v) is 3.23. The minimum absolute atomic E-state index is 0.00492. The van der Waals surface area contributed by atoms with Crippen LogP contribution < -0.4 is 5.73 Å². The molecule has 2 N–H and O–H groups in total. The van der Waals surface area contributed by atoms with Gasteiger partial charge in [-0.2, -0.15) is 0 Å². The van der Waals surface area contributed by atoms with Crippen molar-refractivity contribution in [3.63, 3.8) is 0 Å². The van der Waals surface area contributed by atoms with E-state index in [1.807, 2.05) is 43.6 Å². The molecule has 2 atom stereocenters. The fourth-order valence-electron chi connectivity index (χ4n) is 2.50. The van der Waals surface area contributed by atoms with Crippen LogP contribution >= 0.6 is 11.3 Å². The van der Waals surface area contributed by atoms with Crippen molar-refractivity contribution in [1.29, 1.82) is 0 Å². The summed E-state index contributed by atoms with van der Waals surface area (Å²) in [6.45, 7) is 2.04. The lowest BCUT2D eigenvalue weighted by Crippen LogP contribution is -2.30. The number of imidazole rings is 1. The van der Waals surface area contributed by atoms with Crippen LogP contribution in [0.25, 0.3) is 10.7 Å². The van der Waals surface area contributed by atoms with Crippen LogP contribution in [0.4, 0.5) is 0 Å². The van der Waals surface area contributed by atoms with Gasteiger partial charge in [-0.25, -0.2) is 4.98 Å². The van der Waals surface area contributed by atoms with Gasteiger partial charge in [0.2, 0.25) is 0 Å². The lowest BCUT2D eigenvalue weighted by Gasteiger charge is -2.24. The van der Waals surface area contributed by atoms with E-state index < -0.39 is 0 Å². The smallest absolute Gasteiger partial charge is 0.150 e. The van der Waals surface area contributed by atoms with Crippen molar-refractivity contribution in [3.8, 4) is 10.7 Å². The maximum atomic E-state index is 6.24. The molecule has 20 heavy (non-hydrogen) atoms. The first-order valence-corrected chi connectivity index (χ1v) is 7.52. The number of hydrogen-bond donors (Lipinski definition) is 1. The maximum absolute atomic E-state index is 6.24. The molecule has 0 saturated carbocycles. The molecule has 3 nitrogen and oxygen atoms in total. The monoisotopic (exact) mass is 283 g/mol. The van der Waals surface area contributed by atoms with Crippen molar-refractivity contribution in [2.24, 2.45) is 5.73 Å². The molecular weight excluding hydrogens is 266 g/mol. The first kappa shape index (κ1) is 13.1. The van der Waals surface area contributed by atoms with E-state index in [9.17, 15) is 0 Å². The van der Waals surface area contributed by atoms with Crippen LogP contribution in [-0.2, 0) is 0 Å². The van der Waals surface area contributed by atoms with Gasteiger partial charge in [-0.05, 0) is 23.9 Å². The number of aromatic nitrogens is 2. The molecule has 3 aromatic rings. The zero-order valence-electron chi connectivity index (χ0n) is 11.3. The molecule has 102 valence electrons. The molecule has 0 aliphatic heterocycles. The summed E-state index contributed by atoms with van der Waals surface area (Å²) in [6.07, 6.45) is 3.85. The highest BCUT2D eigenvalue weighted by atomic mass is 32.1. The normalized spacial score (nSPS) is 14.1. The Morgan fingerprint density at radius 1 is 1.15 bits per heavy atom. The third kappa shape index (κ3) is 2.40. The fraction of sp³-hybridized carbons (Fsp3) is 0.188. The highest BCUT2D eigenvalue weighted by molar-refractivity contribution is 7.13. The van der Waals surface area contributed by atoms with Crippen LogP contribution in [0.15, 0.2) is 60.2 Å². The van der Waals surface area contributed by atoms with E-state index in [-0.39, 0.29) is 12.1 Å². The Kier molecular flexibility index (Phi) is 3.67. The van der Waals surface area contributed by atoms with E-state index in [0.717, 1.165) is 10.7 Å². The van der Waals surface area contributed by atoms with Gasteiger partial charge in [-0.15, -0.1) is 11.3 Å². The van der Waals surface area contributed by atoms with Crippen LogP contribution in [0.1, 0.15) is 18.5 Å². The Bertz CT molecular complexity index is 656. The van der Waals surface area contributed by atoms with Crippen LogP contribution in [-0.4, -0.2) is 15.6 Å². The van der Waals surface area contributed by atoms with Crippen molar-refractivity contribution in [3.05, 3.63) is 65.8 Å². The lowest BCUT2D eigenvalue weighted by atomic mass is 10.0. The quantitative estimate of drug-likeness (QED) is 0.795. The summed E-state index contributed by atoms with van der Waals surface area (Å²) in [5.41, 5.74) is 7.44. The second kappa shape index (κ2) is 5.61. The molecule has 0 amide bonds. The minimum atomic E-state index is 0.00492. The summed E-state index contributed by atoms with van der Waals surface area (Å²) < 4.78 is 2.17. The molecule has 2 heterocycles. The van der Waals surface area contributed by atoms with E-state index in [2.05, 4.69) is 33.1 Å². The van der Waals surface area contributed by atoms with E-state index in [1.54, 1.807) is 11.3 Å². The summed E-state index contributed by atoms with van der Waals surface area (Å²) in [7, 11) is 0. The van der Waals surface area contributed by atoms with Crippen LogP contribution in [0, 0.1) is 0 Å². The number of thiophene rings is 1. The summed E-state index contributed by atoms with van der Waals surface area (Å²) >= 11 is 1.69. The van der Waals surface area contributed by atoms with Gasteiger partial charge in [-0.3, -0.25) is 0 Å². The highest BCUT2D eigenvalue weighted by Gasteiger charge is 2.21. The number of hydrogen-bond acceptors (Lipinski definition) is 3. The molecule has 0 fully saturated rings. The number of nitrogens with zero attached hydrogens (tertiary/aromatic N) is 2. The molecule has 0 aliphatic carbocycles. The second-order valence-electron chi connectivity index (χ2n) is 4.85. The molecule has 0 spiro atoms. The molecule has 0 aliphatic rings. The van der Waals surface area contributed by atoms with Crippen molar-refractivity contribution in [2.75, 3.05) is 0 Å². The predicted molar refractivity (Wildman–Crippen MR) is 83.8 cm³/mol. The average molecular weight is 283 g/mol. The molecule has 1 aromatic carbocycles. The molecule has 4 heteroatoms. The average Bonchev–Trinajstić information content (AvgIpc) is 3.09. The number of nitrogens with two attached hydrogens (primary N) is 1. The van der Waals surface area contributed by atoms with Crippen LogP contribution in [0.5, 0.6) is 0 Å². The zero-order chi connectivity index (χ0) is 13.9. The van der Waals surface area contributed by atoms with Gasteiger partial charge in [0, 0.05) is 18.4 Å². The Hall–Kier alpha value is -1.91. The molecule has 2 unspecified atom stereocenters. The molecule has 0 saturated heterocycles. The highest BCUT2D eigenvalue weighted by Crippen LogP contribution is 2.29. The molecule has 3 rings (SSSR count). The van der Waals surface area contributed by atoms with E-state index in [4.69, 9.17) is 5.73 Å². The topological polar surface area (TPSA) is 43.8 Å². The van der Waals surface area contributed by atoms with Crippen molar-refractivity contribution >= 4 is 11.3 Å². The third-order valence-corrected chi connectivity index (χ3v) is 4.21. The van der Waals surface area contributed by atoms with E-state index >= 15 is 0 Å². The van der Waals surface area contributed by atoms with Crippen molar-refractivity contribution in [1.82, 2.24) is 9.55 Å². The molecule has 2 aromatic heterocycles. The Labute approximate surface area is 122 Å². The van der Waals surface area contributed by atoms with Crippen molar-refractivity contribution < 1.29 is 0 Å². The zero-order valence-corrected chi connectivity index (χ0v) is 12.1. The first-order valence-electron chi connectivity index (χ1n) is 6.64. The Morgan fingerprint density at radius 3 is 2.60 bits per heavy atom. The molecule has 0 radical (unpaired) electrons. The number of rotatable bonds is 4. The molecular formula is C16H17N3S. The van der Waals surface area contributed by atoms with Gasteiger partial charge in [-0.1, -0.05) is 36.4 Å². The Morgan fingerprint density at radius 2 is 1.95 bits per heavy atom. The van der Waals surface area contributed by atoms with Gasteiger partial charge in [0.25, 0.3) is 0 Å². The maximum Gasteiger partial charge on any atom is 0.150 e. The Balaban J connectivity index is 2.08. The third-order valence-electron chi connectivity index (χ3n) is 3.35.